The first-order chi connectivity index (χ1) is 6.11. The lowest BCUT2D eigenvalue weighted by molar-refractivity contribution is -0.148. The molecule has 1 saturated heterocycles. The van der Waals surface area contributed by atoms with Crippen molar-refractivity contribution in [3.8, 4) is 0 Å². The maximum absolute atomic E-state index is 13.4. The van der Waals surface area contributed by atoms with Gasteiger partial charge < -0.3 is 15.0 Å². The summed E-state index contributed by atoms with van der Waals surface area (Å²) in [6.07, 6.45) is 0. The molecule has 0 spiro atoms. The first-order valence-corrected chi connectivity index (χ1v) is 4.21. The van der Waals surface area contributed by atoms with Gasteiger partial charge in [0.05, 0.1) is 26.2 Å². The fourth-order valence-corrected chi connectivity index (χ4v) is 1.43. The Bertz CT molecular complexity index is 193. The standard InChI is InChI=1S/C8H15FN2O2/c1-10-3-7(12)11-4-8(9,5-11)6-13-2/h10H,3-6H2,1-2H3. The van der Waals surface area contributed by atoms with E-state index in [-0.39, 0.29) is 32.1 Å². The van der Waals surface area contributed by atoms with Crippen molar-refractivity contribution in [3.63, 3.8) is 0 Å². The van der Waals surface area contributed by atoms with Crippen LogP contribution in [0.25, 0.3) is 0 Å². The zero-order valence-corrected chi connectivity index (χ0v) is 7.97. The smallest absolute Gasteiger partial charge is 0.236 e. The molecule has 1 fully saturated rings. The van der Waals surface area contributed by atoms with E-state index in [0.717, 1.165) is 0 Å². The van der Waals surface area contributed by atoms with Crippen LogP contribution in [0.3, 0.4) is 0 Å². The molecular weight excluding hydrogens is 175 g/mol. The lowest BCUT2D eigenvalue weighted by Gasteiger charge is -2.43. The second kappa shape index (κ2) is 4.02. The van der Waals surface area contributed by atoms with Gasteiger partial charge in [0, 0.05) is 7.11 Å². The molecule has 76 valence electrons. The molecule has 0 saturated carbocycles. The van der Waals surface area contributed by atoms with Gasteiger partial charge in [-0.25, -0.2) is 4.39 Å². The van der Waals surface area contributed by atoms with E-state index < -0.39 is 5.67 Å². The highest BCUT2D eigenvalue weighted by molar-refractivity contribution is 5.79. The average Bonchev–Trinajstić information content (AvgIpc) is 2.01. The number of halogens is 1. The van der Waals surface area contributed by atoms with E-state index in [9.17, 15) is 9.18 Å². The summed E-state index contributed by atoms with van der Waals surface area (Å²) >= 11 is 0. The number of amides is 1. The number of hydrogen-bond donors (Lipinski definition) is 1. The first-order valence-electron chi connectivity index (χ1n) is 4.21. The predicted octanol–water partition coefficient (Wildman–Crippen LogP) is -0.597. The monoisotopic (exact) mass is 190 g/mol. The maximum atomic E-state index is 13.4. The number of carbonyl (C=O) groups excluding carboxylic acids is 1. The van der Waals surface area contributed by atoms with Crippen molar-refractivity contribution in [2.45, 2.75) is 5.67 Å². The Morgan fingerprint density at radius 1 is 1.69 bits per heavy atom. The summed E-state index contributed by atoms with van der Waals surface area (Å²) < 4.78 is 18.1. The molecule has 1 heterocycles. The minimum atomic E-state index is -1.32. The molecule has 1 amide bonds. The van der Waals surface area contributed by atoms with Gasteiger partial charge in [0.25, 0.3) is 0 Å². The molecule has 1 aliphatic heterocycles. The largest absolute Gasteiger partial charge is 0.381 e. The zero-order chi connectivity index (χ0) is 9.90. The van der Waals surface area contributed by atoms with Gasteiger partial charge >= 0.3 is 0 Å². The van der Waals surface area contributed by atoms with Crippen molar-refractivity contribution in [1.82, 2.24) is 10.2 Å². The number of hydrogen-bond acceptors (Lipinski definition) is 3. The third kappa shape index (κ3) is 2.38. The Balaban J connectivity index is 2.27. The van der Waals surface area contributed by atoms with Crippen molar-refractivity contribution >= 4 is 5.91 Å². The number of nitrogens with zero attached hydrogens (tertiary/aromatic N) is 1. The first kappa shape index (κ1) is 10.4. The minimum Gasteiger partial charge on any atom is -0.381 e. The van der Waals surface area contributed by atoms with E-state index in [1.165, 1.54) is 12.0 Å². The second-order valence-electron chi connectivity index (χ2n) is 3.36. The number of likely N-dealkylation sites (N-methyl/N-ethyl adjacent to an activating group) is 1. The Hall–Kier alpha value is -0.680. The molecule has 1 aliphatic rings. The molecule has 0 bridgehead atoms. The normalized spacial score (nSPS) is 19.8. The highest BCUT2D eigenvalue weighted by Gasteiger charge is 2.45. The molecule has 0 unspecified atom stereocenters. The highest BCUT2D eigenvalue weighted by Crippen LogP contribution is 2.25. The van der Waals surface area contributed by atoms with Gasteiger partial charge in [-0.3, -0.25) is 4.79 Å². The average molecular weight is 190 g/mol. The SMILES string of the molecule is CNCC(=O)N1CC(F)(COC)C1. The minimum absolute atomic E-state index is 0.0631. The van der Waals surface area contributed by atoms with Gasteiger partial charge in [0.15, 0.2) is 5.67 Å². The molecule has 0 atom stereocenters. The van der Waals surface area contributed by atoms with E-state index in [4.69, 9.17) is 4.74 Å². The van der Waals surface area contributed by atoms with Gasteiger partial charge in [-0.2, -0.15) is 0 Å². The number of methoxy groups -OCH3 is 1. The summed E-state index contributed by atoms with van der Waals surface area (Å²) in [5.41, 5.74) is -1.32. The van der Waals surface area contributed by atoms with Crippen LogP contribution in [0.5, 0.6) is 0 Å². The summed E-state index contributed by atoms with van der Waals surface area (Å²) in [6, 6.07) is 0. The van der Waals surface area contributed by atoms with Gasteiger partial charge in [-0.15, -0.1) is 0 Å². The number of rotatable bonds is 4. The summed E-state index contributed by atoms with van der Waals surface area (Å²) in [5, 5.41) is 2.73. The van der Waals surface area contributed by atoms with E-state index in [1.54, 1.807) is 7.05 Å². The molecule has 1 rings (SSSR count). The molecule has 13 heavy (non-hydrogen) atoms. The molecule has 0 aromatic heterocycles. The molecule has 5 heteroatoms. The second-order valence-corrected chi connectivity index (χ2v) is 3.36. The Morgan fingerprint density at radius 3 is 2.77 bits per heavy atom. The summed E-state index contributed by atoms with van der Waals surface area (Å²) in [6.45, 7) is 0.641. The van der Waals surface area contributed by atoms with E-state index >= 15 is 0 Å². The van der Waals surface area contributed by atoms with Crippen molar-refractivity contribution in [2.75, 3.05) is 40.4 Å². The van der Waals surface area contributed by atoms with Crippen LogP contribution in [0.1, 0.15) is 0 Å². The van der Waals surface area contributed by atoms with Crippen molar-refractivity contribution < 1.29 is 13.9 Å². The molecule has 0 radical (unpaired) electrons. The Morgan fingerprint density at radius 2 is 2.31 bits per heavy atom. The highest BCUT2D eigenvalue weighted by atomic mass is 19.1. The van der Waals surface area contributed by atoms with Crippen LogP contribution >= 0.6 is 0 Å². The summed E-state index contributed by atoms with van der Waals surface area (Å²) in [4.78, 5) is 12.7. The van der Waals surface area contributed by atoms with Crippen LogP contribution in [-0.4, -0.2) is 56.9 Å². The Labute approximate surface area is 77.0 Å². The molecule has 1 N–H and O–H groups in total. The molecule has 4 nitrogen and oxygen atoms in total. The van der Waals surface area contributed by atoms with E-state index in [2.05, 4.69) is 5.32 Å². The van der Waals surface area contributed by atoms with Gasteiger partial charge in [0.1, 0.15) is 0 Å². The molecule has 0 aromatic carbocycles. The topological polar surface area (TPSA) is 41.6 Å². The lowest BCUT2D eigenvalue weighted by Crippen LogP contribution is -2.64. The molecule has 0 aromatic rings. The number of carbonyl (C=O) groups is 1. The van der Waals surface area contributed by atoms with Gasteiger partial charge in [0.2, 0.25) is 5.91 Å². The van der Waals surface area contributed by atoms with Crippen LogP contribution in [0.2, 0.25) is 0 Å². The molecular formula is C8H15FN2O2. The Kier molecular flexibility index (Phi) is 3.22. The fraction of sp³-hybridized carbons (Fsp3) is 0.875. The van der Waals surface area contributed by atoms with Crippen LogP contribution in [-0.2, 0) is 9.53 Å². The third-order valence-corrected chi connectivity index (χ3v) is 2.03. The van der Waals surface area contributed by atoms with Crippen LogP contribution in [0, 0.1) is 0 Å². The van der Waals surface area contributed by atoms with Gasteiger partial charge in [-0.05, 0) is 7.05 Å². The van der Waals surface area contributed by atoms with E-state index in [1.807, 2.05) is 0 Å². The summed E-state index contributed by atoms with van der Waals surface area (Å²) in [7, 11) is 3.15. The van der Waals surface area contributed by atoms with Crippen molar-refractivity contribution in [3.05, 3.63) is 0 Å². The van der Waals surface area contributed by atoms with Gasteiger partial charge in [-0.1, -0.05) is 0 Å². The third-order valence-electron chi connectivity index (χ3n) is 2.03. The number of alkyl halides is 1. The fourth-order valence-electron chi connectivity index (χ4n) is 1.43. The van der Waals surface area contributed by atoms with Crippen molar-refractivity contribution in [2.24, 2.45) is 0 Å². The van der Waals surface area contributed by atoms with E-state index in [0.29, 0.717) is 0 Å². The number of ether oxygens (including phenoxy) is 1. The molecule has 0 aliphatic carbocycles. The lowest BCUT2D eigenvalue weighted by atomic mass is 9.97. The summed E-state index contributed by atoms with van der Waals surface area (Å²) in [5.74, 6) is -0.0631. The van der Waals surface area contributed by atoms with Crippen LogP contribution in [0.15, 0.2) is 0 Å². The van der Waals surface area contributed by atoms with Crippen LogP contribution < -0.4 is 5.32 Å². The predicted molar refractivity (Wildman–Crippen MR) is 46.2 cm³/mol. The quantitative estimate of drug-likeness (QED) is 0.644. The number of nitrogens with one attached hydrogen (secondary N) is 1. The number of likely N-dealkylation sites (tertiary alicyclic amines) is 1. The maximum Gasteiger partial charge on any atom is 0.236 e. The van der Waals surface area contributed by atoms with Crippen molar-refractivity contribution in [1.29, 1.82) is 0 Å². The van der Waals surface area contributed by atoms with Crippen LogP contribution in [0.4, 0.5) is 4.39 Å². The zero-order valence-electron chi connectivity index (χ0n) is 7.97.